The van der Waals surface area contributed by atoms with Gasteiger partial charge in [-0.3, -0.25) is 4.79 Å². The minimum Gasteiger partial charge on any atom is -0.483 e. The standard InChI is InChI=1S/C23H27F4N3O2/c1-3-29-10-12-30(13-11-29)20-9-8-17(24)14-18(20)16(2)28-22(31)15-32-21-7-5-4-6-19(21)23(25,26)27/h4-9,14,16H,3,10-13,15H2,1-2H3,(H,28,31). The Hall–Kier alpha value is -2.81. The summed E-state index contributed by atoms with van der Waals surface area (Å²) in [6.45, 7) is 7.54. The summed E-state index contributed by atoms with van der Waals surface area (Å²) in [6, 6.07) is 8.63. The Balaban J connectivity index is 1.67. The van der Waals surface area contributed by atoms with Crippen LogP contribution in [-0.2, 0) is 11.0 Å². The number of ether oxygens (including phenoxy) is 1. The quantitative estimate of drug-likeness (QED) is 0.637. The molecule has 1 aliphatic rings. The van der Waals surface area contributed by atoms with E-state index in [4.69, 9.17) is 4.74 Å². The number of piperazine rings is 1. The van der Waals surface area contributed by atoms with Gasteiger partial charge in [0.05, 0.1) is 11.6 Å². The minimum absolute atomic E-state index is 0.414. The Morgan fingerprint density at radius 2 is 1.81 bits per heavy atom. The lowest BCUT2D eigenvalue weighted by Gasteiger charge is -2.37. The van der Waals surface area contributed by atoms with Crippen molar-refractivity contribution in [3.05, 3.63) is 59.4 Å². The lowest BCUT2D eigenvalue weighted by atomic mass is 10.0. The van der Waals surface area contributed by atoms with Gasteiger partial charge >= 0.3 is 6.18 Å². The Morgan fingerprint density at radius 1 is 1.12 bits per heavy atom. The molecule has 0 aromatic heterocycles. The Labute approximate surface area is 185 Å². The van der Waals surface area contributed by atoms with E-state index in [9.17, 15) is 22.4 Å². The number of para-hydroxylation sites is 1. The number of hydrogen-bond donors (Lipinski definition) is 1. The van der Waals surface area contributed by atoms with Gasteiger partial charge < -0.3 is 19.9 Å². The number of halogens is 4. The highest BCUT2D eigenvalue weighted by Crippen LogP contribution is 2.36. The topological polar surface area (TPSA) is 44.8 Å². The molecule has 32 heavy (non-hydrogen) atoms. The zero-order valence-corrected chi connectivity index (χ0v) is 18.1. The summed E-state index contributed by atoms with van der Waals surface area (Å²) < 4.78 is 58.4. The van der Waals surface area contributed by atoms with Crippen LogP contribution in [0.5, 0.6) is 5.75 Å². The van der Waals surface area contributed by atoms with Crippen molar-refractivity contribution in [1.82, 2.24) is 10.2 Å². The summed E-state index contributed by atoms with van der Waals surface area (Å²) in [7, 11) is 0. The first-order chi connectivity index (χ1) is 15.2. The van der Waals surface area contributed by atoms with Crippen LogP contribution in [0.2, 0.25) is 0 Å². The number of carbonyl (C=O) groups is 1. The molecule has 0 bridgehead atoms. The van der Waals surface area contributed by atoms with Crippen LogP contribution in [0, 0.1) is 5.82 Å². The summed E-state index contributed by atoms with van der Waals surface area (Å²) in [4.78, 5) is 16.9. The van der Waals surface area contributed by atoms with Gasteiger partial charge in [-0.1, -0.05) is 19.1 Å². The lowest BCUT2D eigenvalue weighted by Crippen LogP contribution is -2.46. The Morgan fingerprint density at radius 3 is 2.47 bits per heavy atom. The summed E-state index contributed by atoms with van der Waals surface area (Å²) in [6.07, 6.45) is -4.58. The molecular weight excluding hydrogens is 426 g/mol. The van der Waals surface area contributed by atoms with Gasteiger partial charge in [-0.15, -0.1) is 0 Å². The monoisotopic (exact) mass is 453 g/mol. The second-order valence-electron chi connectivity index (χ2n) is 7.70. The van der Waals surface area contributed by atoms with Gasteiger partial charge in [-0.2, -0.15) is 13.2 Å². The maximum absolute atomic E-state index is 14.0. The van der Waals surface area contributed by atoms with E-state index in [1.54, 1.807) is 13.0 Å². The molecule has 3 rings (SSSR count). The van der Waals surface area contributed by atoms with Crippen LogP contribution in [0.1, 0.15) is 31.0 Å². The van der Waals surface area contributed by atoms with Crippen LogP contribution in [-0.4, -0.2) is 50.1 Å². The number of nitrogens with one attached hydrogen (secondary N) is 1. The van der Waals surface area contributed by atoms with Crippen molar-refractivity contribution in [2.75, 3.05) is 44.2 Å². The summed E-state index contributed by atoms with van der Waals surface area (Å²) >= 11 is 0. The molecule has 174 valence electrons. The highest BCUT2D eigenvalue weighted by Gasteiger charge is 2.34. The third-order valence-electron chi connectivity index (χ3n) is 5.54. The molecule has 1 atom stereocenters. The molecule has 1 heterocycles. The van der Waals surface area contributed by atoms with E-state index < -0.39 is 41.9 Å². The first kappa shape index (κ1) is 23.8. The molecule has 9 heteroatoms. The van der Waals surface area contributed by atoms with Crippen molar-refractivity contribution >= 4 is 11.6 Å². The van der Waals surface area contributed by atoms with E-state index in [1.165, 1.54) is 30.3 Å². The van der Waals surface area contributed by atoms with Crippen LogP contribution >= 0.6 is 0 Å². The van der Waals surface area contributed by atoms with E-state index in [2.05, 4.69) is 22.0 Å². The van der Waals surface area contributed by atoms with E-state index in [0.717, 1.165) is 44.5 Å². The molecule has 5 nitrogen and oxygen atoms in total. The number of likely N-dealkylation sites (N-methyl/N-ethyl adjacent to an activating group) is 1. The fourth-order valence-electron chi connectivity index (χ4n) is 3.80. The fraction of sp³-hybridized carbons (Fsp3) is 0.435. The van der Waals surface area contributed by atoms with Crippen molar-refractivity contribution in [1.29, 1.82) is 0 Å². The maximum atomic E-state index is 14.0. The third kappa shape index (κ3) is 5.91. The van der Waals surface area contributed by atoms with Gasteiger partial charge in [-0.05, 0) is 43.8 Å². The first-order valence-corrected chi connectivity index (χ1v) is 10.5. The molecule has 1 aliphatic heterocycles. The number of rotatable bonds is 7. The molecule has 2 aromatic carbocycles. The number of nitrogens with zero attached hydrogens (tertiary/aromatic N) is 2. The Bertz CT molecular complexity index is 928. The van der Waals surface area contributed by atoms with Gasteiger partial charge in [-0.25, -0.2) is 4.39 Å². The summed E-state index contributed by atoms with van der Waals surface area (Å²) in [5.74, 6) is -1.43. The number of anilines is 1. The molecule has 0 saturated carbocycles. The van der Waals surface area contributed by atoms with E-state index >= 15 is 0 Å². The summed E-state index contributed by atoms with van der Waals surface area (Å²) in [5, 5.41) is 2.70. The molecule has 0 radical (unpaired) electrons. The average molecular weight is 453 g/mol. The van der Waals surface area contributed by atoms with Crippen LogP contribution in [0.15, 0.2) is 42.5 Å². The van der Waals surface area contributed by atoms with Gasteiger partial charge in [0, 0.05) is 37.4 Å². The SMILES string of the molecule is CCN1CCN(c2ccc(F)cc2C(C)NC(=O)COc2ccccc2C(F)(F)F)CC1. The largest absolute Gasteiger partial charge is 0.483 e. The van der Waals surface area contributed by atoms with Gasteiger partial charge in [0.15, 0.2) is 6.61 Å². The van der Waals surface area contributed by atoms with E-state index in [-0.39, 0.29) is 0 Å². The predicted molar refractivity (Wildman–Crippen MR) is 114 cm³/mol. The van der Waals surface area contributed by atoms with Gasteiger partial charge in [0.25, 0.3) is 5.91 Å². The second kappa shape index (κ2) is 10.2. The lowest BCUT2D eigenvalue weighted by molar-refractivity contribution is -0.139. The van der Waals surface area contributed by atoms with Crippen LogP contribution < -0.4 is 15.0 Å². The average Bonchev–Trinajstić information content (AvgIpc) is 2.77. The number of benzene rings is 2. The van der Waals surface area contributed by atoms with Crippen molar-refractivity contribution in [3.8, 4) is 5.75 Å². The van der Waals surface area contributed by atoms with Gasteiger partial charge in [0.2, 0.25) is 0 Å². The molecule has 2 aromatic rings. The highest BCUT2D eigenvalue weighted by atomic mass is 19.4. The zero-order chi connectivity index (χ0) is 23.3. The second-order valence-corrected chi connectivity index (χ2v) is 7.70. The van der Waals surface area contributed by atoms with E-state index in [1.807, 2.05) is 0 Å². The van der Waals surface area contributed by atoms with Crippen molar-refractivity contribution < 1.29 is 27.1 Å². The highest BCUT2D eigenvalue weighted by molar-refractivity contribution is 5.78. The smallest absolute Gasteiger partial charge is 0.419 e. The first-order valence-electron chi connectivity index (χ1n) is 10.5. The molecule has 0 spiro atoms. The maximum Gasteiger partial charge on any atom is 0.419 e. The molecular formula is C23H27F4N3O2. The van der Waals surface area contributed by atoms with Crippen LogP contribution in [0.4, 0.5) is 23.2 Å². The van der Waals surface area contributed by atoms with Gasteiger partial charge in [0.1, 0.15) is 11.6 Å². The normalized spacial score (nSPS) is 16.0. The minimum atomic E-state index is -4.58. The number of carbonyl (C=O) groups excluding carboxylic acids is 1. The summed E-state index contributed by atoms with van der Waals surface area (Å²) in [5.41, 5.74) is 0.497. The van der Waals surface area contributed by atoms with Crippen molar-refractivity contribution in [2.45, 2.75) is 26.1 Å². The third-order valence-corrected chi connectivity index (χ3v) is 5.54. The predicted octanol–water partition coefficient (Wildman–Crippen LogP) is 4.24. The molecule has 0 aliphatic carbocycles. The zero-order valence-electron chi connectivity index (χ0n) is 18.1. The Kier molecular flexibility index (Phi) is 7.60. The van der Waals surface area contributed by atoms with E-state index in [0.29, 0.717) is 5.56 Å². The van der Waals surface area contributed by atoms with Crippen molar-refractivity contribution in [3.63, 3.8) is 0 Å². The fourth-order valence-corrected chi connectivity index (χ4v) is 3.80. The molecule has 1 unspecified atom stereocenters. The van der Waals surface area contributed by atoms with Crippen LogP contribution in [0.3, 0.4) is 0 Å². The van der Waals surface area contributed by atoms with Crippen molar-refractivity contribution in [2.24, 2.45) is 0 Å². The van der Waals surface area contributed by atoms with Crippen LogP contribution in [0.25, 0.3) is 0 Å². The molecule has 1 fully saturated rings. The number of hydrogen-bond acceptors (Lipinski definition) is 4. The molecule has 1 saturated heterocycles. The molecule has 1 N–H and O–H groups in total. The molecule has 1 amide bonds. The number of amides is 1. The number of alkyl halides is 3.